The third-order valence-corrected chi connectivity index (χ3v) is 10.7. The van der Waals surface area contributed by atoms with Gasteiger partial charge in [0, 0.05) is 32.7 Å². The smallest absolute Gasteiger partial charge is 0.238 e. The van der Waals surface area contributed by atoms with Gasteiger partial charge in [0.1, 0.15) is 11.2 Å². The number of aromatic nitrogens is 4. The van der Waals surface area contributed by atoms with E-state index in [1.54, 1.807) is 0 Å². The highest BCUT2D eigenvalue weighted by molar-refractivity contribution is 6.14. The highest BCUT2D eigenvalue weighted by atomic mass is 16.3. The first-order chi connectivity index (χ1) is 27.7. The van der Waals surface area contributed by atoms with Crippen LogP contribution in [0, 0.1) is 0 Å². The molecule has 262 valence electrons. The van der Waals surface area contributed by atoms with E-state index in [1.165, 1.54) is 0 Å². The van der Waals surface area contributed by atoms with E-state index in [-0.39, 0.29) is 0 Å². The molecule has 0 fully saturated rings. The zero-order valence-corrected chi connectivity index (χ0v) is 30.2. The molecular weight excluding hydrogens is 685 g/mol. The molecule has 0 unspecified atom stereocenters. The minimum absolute atomic E-state index is 0.561. The summed E-state index contributed by atoms with van der Waals surface area (Å²) in [6.07, 6.45) is 0. The maximum atomic E-state index is 6.39. The van der Waals surface area contributed by atoms with Crippen LogP contribution in [-0.4, -0.2) is 19.5 Å². The van der Waals surface area contributed by atoms with Crippen LogP contribution in [0.4, 0.5) is 0 Å². The van der Waals surface area contributed by atoms with E-state index in [9.17, 15) is 0 Å². The molecule has 0 aliphatic rings. The molecule has 0 saturated heterocycles. The third-order valence-electron chi connectivity index (χ3n) is 10.7. The Balaban J connectivity index is 1.12. The Hall–Kier alpha value is -7.63. The lowest BCUT2D eigenvalue weighted by molar-refractivity contribution is 0.669. The molecule has 0 aliphatic carbocycles. The van der Waals surface area contributed by atoms with E-state index in [1.807, 2.05) is 42.5 Å². The number of rotatable bonds is 6. The molecule has 0 bridgehead atoms. The Labute approximate surface area is 322 Å². The lowest BCUT2D eigenvalue weighted by atomic mass is 9.97. The molecule has 0 aliphatic heterocycles. The second kappa shape index (κ2) is 13.0. The summed E-state index contributed by atoms with van der Waals surface area (Å²) in [5, 5.41) is 4.46. The Morgan fingerprint density at radius 1 is 0.339 bits per heavy atom. The minimum atomic E-state index is 0.561. The molecule has 11 aromatic rings. The van der Waals surface area contributed by atoms with Crippen LogP contribution >= 0.6 is 0 Å². The SMILES string of the molecule is c1ccc(-c2cccc(-c3nc(-c4ccccc4)nc(-n4c5ccccc5c5ccc(-c6ccc7oc8cccc(-c9ccccc9)c8c7c6)cc54)n3)c2)cc1. The van der Waals surface area contributed by atoms with Gasteiger partial charge in [0.15, 0.2) is 11.6 Å². The van der Waals surface area contributed by atoms with Gasteiger partial charge < -0.3 is 4.42 Å². The fraction of sp³-hybridized carbons (Fsp3) is 0. The van der Waals surface area contributed by atoms with Crippen molar-refractivity contribution in [1.82, 2.24) is 19.5 Å². The molecule has 0 N–H and O–H groups in total. The van der Waals surface area contributed by atoms with Gasteiger partial charge >= 0.3 is 0 Å². The first-order valence-electron chi connectivity index (χ1n) is 18.8. The Morgan fingerprint density at radius 2 is 0.929 bits per heavy atom. The van der Waals surface area contributed by atoms with Crippen LogP contribution in [0.3, 0.4) is 0 Å². The summed E-state index contributed by atoms with van der Waals surface area (Å²) in [4.78, 5) is 15.5. The molecule has 0 atom stereocenters. The molecule has 5 nitrogen and oxygen atoms in total. The molecule has 3 heterocycles. The highest BCUT2D eigenvalue weighted by Crippen LogP contribution is 2.40. The lowest BCUT2D eigenvalue weighted by Crippen LogP contribution is -2.06. The fourth-order valence-electron chi connectivity index (χ4n) is 8.01. The first kappa shape index (κ1) is 31.9. The minimum Gasteiger partial charge on any atom is -0.456 e. The molecule has 8 aromatic carbocycles. The van der Waals surface area contributed by atoms with E-state index in [0.717, 1.165) is 88.3 Å². The van der Waals surface area contributed by atoms with Crippen molar-refractivity contribution < 1.29 is 4.42 Å². The zero-order chi connectivity index (χ0) is 37.0. The summed E-state index contributed by atoms with van der Waals surface area (Å²) in [7, 11) is 0. The van der Waals surface area contributed by atoms with E-state index < -0.39 is 0 Å². The average molecular weight is 717 g/mol. The molecule has 0 saturated carbocycles. The largest absolute Gasteiger partial charge is 0.456 e. The molecule has 0 spiro atoms. The van der Waals surface area contributed by atoms with E-state index in [0.29, 0.717) is 17.6 Å². The third kappa shape index (κ3) is 5.37. The second-order valence-electron chi connectivity index (χ2n) is 14.0. The molecule has 0 amide bonds. The average Bonchev–Trinajstić information content (AvgIpc) is 3.82. The van der Waals surface area contributed by atoms with Gasteiger partial charge in [0.2, 0.25) is 5.95 Å². The number of benzene rings is 8. The van der Waals surface area contributed by atoms with Crippen molar-refractivity contribution in [3.63, 3.8) is 0 Å². The van der Waals surface area contributed by atoms with Crippen molar-refractivity contribution in [2.24, 2.45) is 0 Å². The predicted molar refractivity (Wildman–Crippen MR) is 229 cm³/mol. The quantitative estimate of drug-likeness (QED) is 0.172. The van der Waals surface area contributed by atoms with Gasteiger partial charge in [0.05, 0.1) is 11.0 Å². The number of para-hydroxylation sites is 1. The highest BCUT2D eigenvalue weighted by Gasteiger charge is 2.20. The van der Waals surface area contributed by atoms with Gasteiger partial charge in [-0.15, -0.1) is 0 Å². The van der Waals surface area contributed by atoms with Crippen molar-refractivity contribution >= 4 is 43.7 Å². The lowest BCUT2D eigenvalue weighted by Gasteiger charge is -2.12. The van der Waals surface area contributed by atoms with Gasteiger partial charge in [-0.2, -0.15) is 9.97 Å². The first-order valence-corrected chi connectivity index (χ1v) is 18.8. The molecule has 0 radical (unpaired) electrons. The number of hydrogen-bond acceptors (Lipinski definition) is 4. The monoisotopic (exact) mass is 716 g/mol. The Morgan fingerprint density at radius 3 is 1.73 bits per heavy atom. The summed E-state index contributed by atoms with van der Waals surface area (Å²) >= 11 is 0. The number of hydrogen-bond donors (Lipinski definition) is 0. The number of fused-ring (bicyclic) bond motifs is 6. The number of nitrogens with zero attached hydrogens (tertiary/aromatic N) is 4. The summed E-state index contributed by atoms with van der Waals surface area (Å²) in [6.45, 7) is 0. The molecule has 56 heavy (non-hydrogen) atoms. The van der Waals surface area contributed by atoms with Crippen molar-refractivity contribution in [3.05, 3.63) is 194 Å². The van der Waals surface area contributed by atoms with Crippen LogP contribution in [0.1, 0.15) is 0 Å². The van der Waals surface area contributed by atoms with Gasteiger partial charge in [-0.1, -0.05) is 158 Å². The molecule has 3 aromatic heterocycles. The zero-order valence-electron chi connectivity index (χ0n) is 30.2. The molecule has 11 rings (SSSR count). The van der Waals surface area contributed by atoms with Gasteiger partial charge in [-0.25, -0.2) is 4.98 Å². The van der Waals surface area contributed by atoms with Crippen LogP contribution < -0.4 is 0 Å². The van der Waals surface area contributed by atoms with E-state index in [2.05, 4.69) is 156 Å². The number of furan rings is 1. The van der Waals surface area contributed by atoms with Crippen LogP contribution in [0.25, 0.3) is 106 Å². The van der Waals surface area contributed by atoms with Gasteiger partial charge in [-0.05, 0) is 69.8 Å². The van der Waals surface area contributed by atoms with Gasteiger partial charge in [0.25, 0.3) is 0 Å². The standard InChI is InChI=1S/C51H32N4O/c1-4-14-33(15-5-1)36-20-12-21-39(30-36)50-52-49(35-18-8-3-9-19-35)53-51(54-50)55-44-24-11-10-22-41(44)42-28-26-38(32-45(42)55)37-27-29-46-43(31-37)48-40(23-13-25-47(48)56-46)34-16-6-2-7-17-34/h1-32H. The van der Waals surface area contributed by atoms with Crippen LogP contribution in [0.5, 0.6) is 0 Å². The Kier molecular flexibility index (Phi) is 7.42. The van der Waals surface area contributed by atoms with Crippen molar-refractivity contribution in [2.75, 3.05) is 0 Å². The Bertz CT molecular complexity index is 3240. The summed E-state index contributed by atoms with van der Waals surface area (Å²) in [5.74, 6) is 1.79. The van der Waals surface area contributed by atoms with Crippen LogP contribution in [0.2, 0.25) is 0 Å². The molecule has 5 heteroatoms. The normalized spacial score (nSPS) is 11.6. The van der Waals surface area contributed by atoms with Gasteiger partial charge in [-0.3, -0.25) is 4.57 Å². The van der Waals surface area contributed by atoms with E-state index >= 15 is 0 Å². The summed E-state index contributed by atoms with van der Waals surface area (Å²) in [5.41, 5.74) is 12.4. The van der Waals surface area contributed by atoms with Crippen molar-refractivity contribution in [2.45, 2.75) is 0 Å². The van der Waals surface area contributed by atoms with E-state index in [4.69, 9.17) is 19.4 Å². The van der Waals surface area contributed by atoms with Crippen molar-refractivity contribution in [3.8, 4) is 62.1 Å². The maximum Gasteiger partial charge on any atom is 0.238 e. The predicted octanol–water partition coefficient (Wildman–Crippen LogP) is 13.2. The topological polar surface area (TPSA) is 56.7 Å². The molecular formula is C51H32N4O. The summed E-state index contributed by atoms with van der Waals surface area (Å²) < 4.78 is 8.58. The fourth-order valence-corrected chi connectivity index (χ4v) is 8.01. The summed E-state index contributed by atoms with van der Waals surface area (Å²) in [6, 6.07) is 67.5. The second-order valence-corrected chi connectivity index (χ2v) is 14.0. The van der Waals surface area contributed by atoms with Crippen LogP contribution in [0.15, 0.2) is 199 Å². The van der Waals surface area contributed by atoms with Crippen molar-refractivity contribution in [1.29, 1.82) is 0 Å². The van der Waals surface area contributed by atoms with Crippen LogP contribution in [-0.2, 0) is 0 Å². The maximum absolute atomic E-state index is 6.39.